The Kier molecular flexibility index (Phi) is 3.74. The lowest BCUT2D eigenvalue weighted by Gasteiger charge is -2.18. The lowest BCUT2D eigenvalue weighted by molar-refractivity contribution is -0.141. The number of nitrogens with zero attached hydrogens (tertiary/aromatic N) is 4. The maximum atomic E-state index is 12.3. The number of aromatic nitrogens is 3. The average Bonchev–Trinajstić information content (AvgIpc) is 2.87. The van der Waals surface area contributed by atoms with Crippen molar-refractivity contribution in [1.29, 1.82) is 0 Å². The van der Waals surface area contributed by atoms with Gasteiger partial charge in [0.15, 0.2) is 0 Å². The third-order valence-corrected chi connectivity index (χ3v) is 2.77. The first-order chi connectivity index (χ1) is 9.17. The van der Waals surface area contributed by atoms with Crippen molar-refractivity contribution in [2.24, 2.45) is 0 Å². The van der Waals surface area contributed by atoms with Crippen LogP contribution in [0.4, 0.5) is 0 Å². The second-order valence-electron chi connectivity index (χ2n) is 3.86. The zero-order valence-electron chi connectivity index (χ0n) is 10.7. The number of ether oxygens (including phenoxy) is 1. The third kappa shape index (κ3) is 2.54. The molecule has 7 heteroatoms. The fraction of sp³-hybridized carbons (Fsp3) is 0.333. The van der Waals surface area contributed by atoms with Gasteiger partial charge in [-0.05, 0) is 6.92 Å². The van der Waals surface area contributed by atoms with E-state index in [2.05, 4.69) is 14.8 Å². The van der Waals surface area contributed by atoms with Crippen molar-refractivity contribution in [2.45, 2.75) is 6.92 Å². The maximum Gasteiger partial charge on any atom is 0.325 e. The van der Waals surface area contributed by atoms with Gasteiger partial charge in [-0.2, -0.15) is 5.10 Å². The van der Waals surface area contributed by atoms with Crippen LogP contribution in [-0.4, -0.2) is 51.6 Å². The molecule has 0 fully saturated rings. The molecule has 100 valence electrons. The minimum Gasteiger partial charge on any atom is -0.468 e. The second kappa shape index (κ2) is 5.47. The Morgan fingerprint density at radius 3 is 2.89 bits per heavy atom. The molecule has 0 aromatic carbocycles. The van der Waals surface area contributed by atoms with Crippen LogP contribution in [0.15, 0.2) is 24.8 Å². The molecule has 0 radical (unpaired) electrons. The van der Waals surface area contributed by atoms with Gasteiger partial charge in [0, 0.05) is 18.9 Å². The summed E-state index contributed by atoms with van der Waals surface area (Å²) in [6, 6.07) is 0. The topological polar surface area (TPSA) is 76.8 Å². The highest BCUT2D eigenvalue weighted by atomic mass is 16.5. The Morgan fingerprint density at radius 2 is 2.21 bits per heavy atom. The van der Waals surface area contributed by atoms with Crippen molar-refractivity contribution in [3.8, 4) is 0 Å². The van der Waals surface area contributed by atoms with Gasteiger partial charge >= 0.3 is 5.97 Å². The van der Waals surface area contributed by atoms with Crippen molar-refractivity contribution in [2.75, 3.05) is 20.2 Å². The van der Waals surface area contributed by atoms with Gasteiger partial charge in [0.25, 0.3) is 5.91 Å². The largest absolute Gasteiger partial charge is 0.468 e. The summed E-state index contributed by atoms with van der Waals surface area (Å²) in [5, 5.41) is 4.07. The lowest BCUT2D eigenvalue weighted by Crippen LogP contribution is -2.36. The molecular formula is C12H14N4O3. The first-order valence-corrected chi connectivity index (χ1v) is 5.80. The monoisotopic (exact) mass is 262 g/mol. The van der Waals surface area contributed by atoms with E-state index in [4.69, 9.17) is 0 Å². The standard InChI is InChI=1S/C12H14N4O3/c1-3-15(8-11(17)19-2)12(18)9-6-14-16-5-4-13-7-10(9)16/h4-7H,3,8H2,1-2H3. The van der Waals surface area contributed by atoms with Gasteiger partial charge in [0.05, 0.1) is 30.6 Å². The molecule has 0 aliphatic heterocycles. The van der Waals surface area contributed by atoms with E-state index in [1.54, 1.807) is 30.0 Å². The molecule has 0 atom stereocenters. The van der Waals surface area contributed by atoms with Crippen LogP contribution in [0, 0.1) is 0 Å². The Bertz CT molecular complexity index is 608. The van der Waals surface area contributed by atoms with E-state index in [0.29, 0.717) is 17.6 Å². The van der Waals surface area contributed by atoms with E-state index in [1.807, 2.05) is 0 Å². The van der Waals surface area contributed by atoms with Crippen LogP contribution in [0.1, 0.15) is 17.3 Å². The molecule has 0 saturated heterocycles. The van der Waals surface area contributed by atoms with Crippen LogP contribution in [0.5, 0.6) is 0 Å². The number of rotatable bonds is 4. The van der Waals surface area contributed by atoms with Crippen LogP contribution in [0.3, 0.4) is 0 Å². The number of esters is 1. The third-order valence-electron chi connectivity index (χ3n) is 2.77. The smallest absolute Gasteiger partial charge is 0.325 e. The molecule has 0 aliphatic rings. The summed E-state index contributed by atoms with van der Waals surface area (Å²) in [5.74, 6) is -0.722. The maximum absolute atomic E-state index is 12.3. The lowest BCUT2D eigenvalue weighted by atomic mass is 10.2. The molecule has 0 spiro atoms. The molecule has 0 aliphatic carbocycles. The predicted octanol–water partition coefficient (Wildman–Crippen LogP) is 0.364. The summed E-state index contributed by atoms with van der Waals surface area (Å²) in [7, 11) is 1.29. The Labute approximate surface area is 109 Å². The van der Waals surface area contributed by atoms with Crippen LogP contribution in [-0.2, 0) is 9.53 Å². The van der Waals surface area contributed by atoms with Crippen LogP contribution < -0.4 is 0 Å². The highest BCUT2D eigenvalue weighted by molar-refractivity contribution is 6.01. The average molecular weight is 262 g/mol. The highest BCUT2D eigenvalue weighted by Crippen LogP contribution is 2.11. The molecular weight excluding hydrogens is 248 g/mol. The number of likely N-dealkylation sites (N-methyl/N-ethyl adjacent to an activating group) is 1. The van der Waals surface area contributed by atoms with Crippen LogP contribution >= 0.6 is 0 Å². The quantitative estimate of drug-likeness (QED) is 0.744. The van der Waals surface area contributed by atoms with Crippen molar-refractivity contribution >= 4 is 17.4 Å². The summed E-state index contributed by atoms with van der Waals surface area (Å²) in [5.41, 5.74) is 1.02. The van der Waals surface area contributed by atoms with E-state index >= 15 is 0 Å². The van der Waals surface area contributed by atoms with Gasteiger partial charge in [-0.15, -0.1) is 0 Å². The summed E-state index contributed by atoms with van der Waals surface area (Å²) >= 11 is 0. The number of fused-ring (bicyclic) bond motifs is 1. The van der Waals surface area contributed by atoms with Crippen LogP contribution in [0.2, 0.25) is 0 Å². The summed E-state index contributed by atoms with van der Waals surface area (Å²) < 4.78 is 6.13. The van der Waals surface area contributed by atoms with Crippen molar-refractivity contribution < 1.29 is 14.3 Å². The number of carbonyl (C=O) groups excluding carboxylic acids is 2. The van der Waals surface area contributed by atoms with E-state index < -0.39 is 5.97 Å². The van der Waals surface area contributed by atoms with E-state index in [1.165, 1.54) is 18.2 Å². The summed E-state index contributed by atoms with van der Waals surface area (Å²) in [6.45, 7) is 2.12. The van der Waals surface area contributed by atoms with Gasteiger partial charge in [-0.3, -0.25) is 14.6 Å². The molecule has 0 unspecified atom stereocenters. The second-order valence-corrected chi connectivity index (χ2v) is 3.86. The first-order valence-electron chi connectivity index (χ1n) is 5.80. The molecule has 2 aromatic rings. The van der Waals surface area contributed by atoms with Crippen molar-refractivity contribution in [3.05, 3.63) is 30.4 Å². The SMILES string of the molecule is CCN(CC(=O)OC)C(=O)c1cnn2ccncc12. The Balaban J connectivity index is 2.29. The molecule has 2 aromatic heterocycles. The zero-order chi connectivity index (χ0) is 13.8. The Morgan fingerprint density at radius 1 is 1.42 bits per heavy atom. The van der Waals surface area contributed by atoms with E-state index in [-0.39, 0.29) is 12.5 Å². The first kappa shape index (κ1) is 13.0. The molecule has 1 amide bonds. The molecule has 7 nitrogen and oxygen atoms in total. The predicted molar refractivity (Wildman–Crippen MR) is 66.6 cm³/mol. The normalized spacial score (nSPS) is 10.4. The molecule has 0 bridgehead atoms. The molecule has 19 heavy (non-hydrogen) atoms. The van der Waals surface area contributed by atoms with E-state index in [0.717, 1.165) is 0 Å². The fourth-order valence-corrected chi connectivity index (χ4v) is 1.72. The van der Waals surface area contributed by atoms with Crippen molar-refractivity contribution in [1.82, 2.24) is 19.5 Å². The summed E-state index contributed by atoms with van der Waals surface area (Å²) in [6.07, 6.45) is 6.27. The minimum atomic E-state index is -0.454. The molecule has 0 N–H and O–H groups in total. The highest BCUT2D eigenvalue weighted by Gasteiger charge is 2.21. The van der Waals surface area contributed by atoms with E-state index in [9.17, 15) is 9.59 Å². The van der Waals surface area contributed by atoms with Gasteiger partial charge in [0.2, 0.25) is 0 Å². The van der Waals surface area contributed by atoms with Gasteiger partial charge in [-0.1, -0.05) is 0 Å². The number of hydrogen-bond donors (Lipinski definition) is 0. The molecule has 0 saturated carbocycles. The summed E-state index contributed by atoms with van der Waals surface area (Å²) in [4.78, 5) is 29.0. The van der Waals surface area contributed by atoms with Gasteiger partial charge in [0.1, 0.15) is 6.54 Å². The van der Waals surface area contributed by atoms with Gasteiger partial charge in [-0.25, -0.2) is 4.52 Å². The molecule has 2 heterocycles. The number of carbonyl (C=O) groups is 2. The molecule has 2 rings (SSSR count). The fourth-order valence-electron chi connectivity index (χ4n) is 1.72. The zero-order valence-corrected chi connectivity index (χ0v) is 10.7. The number of methoxy groups -OCH3 is 1. The minimum absolute atomic E-state index is 0.0799. The number of amides is 1. The van der Waals surface area contributed by atoms with Crippen LogP contribution in [0.25, 0.3) is 5.52 Å². The number of hydrogen-bond acceptors (Lipinski definition) is 5. The van der Waals surface area contributed by atoms with Crippen molar-refractivity contribution in [3.63, 3.8) is 0 Å². The Hall–Kier alpha value is -2.44. The van der Waals surface area contributed by atoms with Gasteiger partial charge < -0.3 is 9.64 Å².